The van der Waals surface area contributed by atoms with E-state index in [0.717, 1.165) is 16.8 Å². The number of pyridine rings is 1. The van der Waals surface area contributed by atoms with Gasteiger partial charge < -0.3 is 10.5 Å². The fourth-order valence-corrected chi connectivity index (χ4v) is 1.64. The molecule has 0 bridgehead atoms. The summed E-state index contributed by atoms with van der Waals surface area (Å²) in [6.07, 6.45) is 0. The molecule has 0 aliphatic heterocycles. The first-order valence-electron chi connectivity index (χ1n) is 5.67. The quantitative estimate of drug-likeness (QED) is 0.905. The number of nitrogens with zero attached hydrogens (tertiary/aromatic N) is 1. The summed E-state index contributed by atoms with van der Waals surface area (Å²) in [5.41, 5.74) is 8.36. The van der Waals surface area contributed by atoms with E-state index in [9.17, 15) is 4.39 Å². The Morgan fingerprint density at radius 2 is 2.00 bits per heavy atom. The highest BCUT2D eigenvalue weighted by atomic mass is 19.1. The zero-order valence-corrected chi connectivity index (χ0v) is 10.4. The SMILES string of the molecule is Cc1ccc(OCc2cc(F)ccc2C)c(N)n1. The molecule has 0 fully saturated rings. The zero-order chi connectivity index (χ0) is 13.1. The van der Waals surface area contributed by atoms with Crippen LogP contribution in [0.1, 0.15) is 16.8 Å². The lowest BCUT2D eigenvalue weighted by Crippen LogP contribution is -2.02. The average molecular weight is 246 g/mol. The van der Waals surface area contributed by atoms with E-state index >= 15 is 0 Å². The summed E-state index contributed by atoms with van der Waals surface area (Å²) in [7, 11) is 0. The Morgan fingerprint density at radius 3 is 2.72 bits per heavy atom. The van der Waals surface area contributed by atoms with E-state index in [-0.39, 0.29) is 12.4 Å². The van der Waals surface area contributed by atoms with Crippen molar-refractivity contribution in [2.24, 2.45) is 0 Å². The lowest BCUT2D eigenvalue weighted by atomic mass is 10.1. The molecule has 2 rings (SSSR count). The Bertz CT molecular complexity index is 570. The maximum Gasteiger partial charge on any atom is 0.166 e. The van der Waals surface area contributed by atoms with Gasteiger partial charge in [-0.25, -0.2) is 9.37 Å². The van der Waals surface area contributed by atoms with Crippen LogP contribution >= 0.6 is 0 Å². The summed E-state index contributed by atoms with van der Waals surface area (Å²) in [6.45, 7) is 4.05. The first kappa shape index (κ1) is 12.4. The summed E-state index contributed by atoms with van der Waals surface area (Å²) in [5, 5.41) is 0. The van der Waals surface area contributed by atoms with Crippen LogP contribution in [0.5, 0.6) is 5.75 Å². The lowest BCUT2D eigenvalue weighted by Gasteiger charge is -2.10. The predicted molar refractivity (Wildman–Crippen MR) is 68.9 cm³/mol. The second kappa shape index (κ2) is 5.04. The van der Waals surface area contributed by atoms with E-state index in [2.05, 4.69) is 4.98 Å². The molecule has 0 saturated heterocycles. The number of aryl methyl sites for hydroxylation is 2. The molecule has 3 nitrogen and oxygen atoms in total. The molecule has 0 saturated carbocycles. The van der Waals surface area contributed by atoms with E-state index < -0.39 is 0 Å². The van der Waals surface area contributed by atoms with Gasteiger partial charge in [0.1, 0.15) is 12.4 Å². The van der Waals surface area contributed by atoms with Crippen molar-refractivity contribution in [1.82, 2.24) is 4.98 Å². The van der Waals surface area contributed by atoms with E-state index in [1.807, 2.05) is 19.9 Å². The molecule has 0 aliphatic carbocycles. The number of hydrogen-bond donors (Lipinski definition) is 1. The Hall–Kier alpha value is -2.10. The number of rotatable bonds is 3. The van der Waals surface area contributed by atoms with Gasteiger partial charge in [0.15, 0.2) is 11.6 Å². The number of ether oxygens (including phenoxy) is 1. The molecule has 1 aromatic carbocycles. The molecule has 4 heteroatoms. The van der Waals surface area contributed by atoms with Crippen molar-refractivity contribution in [3.8, 4) is 5.75 Å². The molecule has 0 amide bonds. The van der Waals surface area contributed by atoms with E-state index in [1.54, 1.807) is 12.1 Å². The van der Waals surface area contributed by atoms with Crippen LogP contribution in [0.15, 0.2) is 30.3 Å². The minimum Gasteiger partial charge on any atom is -0.485 e. The molecule has 1 heterocycles. The van der Waals surface area contributed by atoms with Crippen LogP contribution in [-0.4, -0.2) is 4.98 Å². The van der Waals surface area contributed by atoms with Crippen LogP contribution in [0.4, 0.5) is 10.2 Å². The second-order valence-corrected chi connectivity index (χ2v) is 4.20. The van der Waals surface area contributed by atoms with Gasteiger partial charge in [-0.05, 0) is 49.2 Å². The minimum atomic E-state index is -0.269. The first-order chi connectivity index (χ1) is 8.56. The monoisotopic (exact) mass is 246 g/mol. The van der Waals surface area contributed by atoms with Gasteiger partial charge in [0.05, 0.1) is 0 Å². The van der Waals surface area contributed by atoms with Gasteiger partial charge in [0.2, 0.25) is 0 Å². The molecular weight excluding hydrogens is 231 g/mol. The molecule has 2 N–H and O–H groups in total. The second-order valence-electron chi connectivity index (χ2n) is 4.20. The number of aromatic nitrogens is 1. The number of nitrogen functional groups attached to an aromatic ring is 1. The molecule has 0 spiro atoms. The highest BCUT2D eigenvalue weighted by Gasteiger charge is 2.05. The molecule has 0 atom stereocenters. The van der Waals surface area contributed by atoms with Gasteiger partial charge in [-0.1, -0.05) is 6.07 Å². The van der Waals surface area contributed by atoms with Gasteiger partial charge >= 0.3 is 0 Å². The van der Waals surface area contributed by atoms with Crippen LogP contribution in [0.2, 0.25) is 0 Å². The Morgan fingerprint density at radius 1 is 1.22 bits per heavy atom. The molecule has 1 aromatic heterocycles. The summed E-state index contributed by atoms with van der Waals surface area (Å²) in [4.78, 5) is 4.10. The fourth-order valence-electron chi connectivity index (χ4n) is 1.64. The number of hydrogen-bond acceptors (Lipinski definition) is 3. The topological polar surface area (TPSA) is 48.1 Å². The van der Waals surface area contributed by atoms with Gasteiger partial charge in [-0.3, -0.25) is 0 Å². The molecule has 0 unspecified atom stereocenters. The minimum absolute atomic E-state index is 0.269. The largest absolute Gasteiger partial charge is 0.485 e. The van der Waals surface area contributed by atoms with Crippen molar-refractivity contribution in [2.75, 3.05) is 5.73 Å². The third-order valence-electron chi connectivity index (χ3n) is 2.72. The highest BCUT2D eigenvalue weighted by Crippen LogP contribution is 2.21. The predicted octanol–water partition coefficient (Wildman–Crippen LogP) is 3.00. The average Bonchev–Trinajstić information content (AvgIpc) is 2.32. The van der Waals surface area contributed by atoms with Gasteiger partial charge in [0.25, 0.3) is 0 Å². The maximum absolute atomic E-state index is 13.1. The Balaban J connectivity index is 2.13. The van der Waals surface area contributed by atoms with E-state index in [0.29, 0.717) is 11.6 Å². The summed E-state index contributed by atoms with van der Waals surface area (Å²) in [6, 6.07) is 8.22. The Labute approximate surface area is 105 Å². The smallest absolute Gasteiger partial charge is 0.166 e. The van der Waals surface area contributed by atoms with Crippen molar-refractivity contribution in [3.63, 3.8) is 0 Å². The number of halogens is 1. The molecule has 18 heavy (non-hydrogen) atoms. The first-order valence-corrected chi connectivity index (χ1v) is 5.67. The maximum atomic E-state index is 13.1. The molecule has 0 aliphatic rings. The molecule has 2 aromatic rings. The van der Waals surface area contributed by atoms with E-state index in [1.165, 1.54) is 12.1 Å². The van der Waals surface area contributed by atoms with Crippen LogP contribution in [0.25, 0.3) is 0 Å². The normalized spacial score (nSPS) is 10.4. The van der Waals surface area contributed by atoms with Crippen LogP contribution in [0.3, 0.4) is 0 Å². The number of anilines is 1. The van der Waals surface area contributed by atoms with Gasteiger partial charge in [-0.15, -0.1) is 0 Å². The molecule has 94 valence electrons. The standard InChI is InChI=1S/C14H15FN2O/c1-9-3-5-12(15)7-11(9)8-18-13-6-4-10(2)17-14(13)16/h3-7H,8H2,1-2H3,(H2,16,17). The lowest BCUT2D eigenvalue weighted by molar-refractivity contribution is 0.305. The number of nitrogens with two attached hydrogens (primary N) is 1. The van der Waals surface area contributed by atoms with Crippen LogP contribution < -0.4 is 10.5 Å². The van der Waals surface area contributed by atoms with Crippen LogP contribution in [-0.2, 0) is 6.61 Å². The van der Waals surface area contributed by atoms with Crippen molar-refractivity contribution < 1.29 is 9.13 Å². The van der Waals surface area contributed by atoms with Crippen molar-refractivity contribution in [2.45, 2.75) is 20.5 Å². The number of benzene rings is 1. The van der Waals surface area contributed by atoms with Gasteiger partial charge in [-0.2, -0.15) is 0 Å². The van der Waals surface area contributed by atoms with Crippen molar-refractivity contribution >= 4 is 5.82 Å². The zero-order valence-electron chi connectivity index (χ0n) is 10.4. The third-order valence-corrected chi connectivity index (χ3v) is 2.72. The molecule has 0 radical (unpaired) electrons. The third kappa shape index (κ3) is 2.77. The Kier molecular flexibility index (Phi) is 3.46. The molecular formula is C14H15FN2O. The highest BCUT2D eigenvalue weighted by molar-refractivity contribution is 5.46. The summed E-state index contributed by atoms with van der Waals surface area (Å²) >= 11 is 0. The van der Waals surface area contributed by atoms with Crippen LogP contribution in [0, 0.1) is 19.7 Å². The summed E-state index contributed by atoms with van der Waals surface area (Å²) in [5.74, 6) is 0.600. The summed E-state index contributed by atoms with van der Waals surface area (Å²) < 4.78 is 18.7. The van der Waals surface area contributed by atoms with Gasteiger partial charge in [0, 0.05) is 5.69 Å². The van der Waals surface area contributed by atoms with Crippen molar-refractivity contribution in [3.05, 3.63) is 53.0 Å². The van der Waals surface area contributed by atoms with Crippen molar-refractivity contribution in [1.29, 1.82) is 0 Å². The van der Waals surface area contributed by atoms with E-state index in [4.69, 9.17) is 10.5 Å². The fraction of sp³-hybridized carbons (Fsp3) is 0.214.